The topological polar surface area (TPSA) is 53.1 Å². The molecular formula is C17H27N3O. The summed E-state index contributed by atoms with van der Waals surface area (Å²) < 4.78 is 7.96. The predicted molar refractivity (Wildman–Crippen MR) is 87.6 cm³/mol. The minimum Gasteiger partial charge on any atom is -0.494 e. The van der Waals surface area contributed by atoms with Gasteiger partial charge in [0.1, 0.15) is 11.6 Å². The first-order valence-electron chi connectivity index (χ1n) is 8.09. The third kappa shape index (κ3) is 3.56. The zero-order valence-corrected chi connectivity index (χ0v) is 13.4. The first-order chi connectivity index (χ1) is 10.2. The molecule has 0 bridgehead atoms. The first kappa shape index (κ1) is 15.8. The zero-order chi connectivity index (χ0) is 15.2. The molecule has 2 rings (SSSR count). The molecule has 1 heterocycles. The molecule has 1 atom stereocenters. The molecule has 0 saturated carbocycles. The van der Waals surface area contributed by atoms with Gasteiger partial charge in [0.05, 0.1) is 23.7 Å². The summed E-state index contributed by atoms with van der Waals surface area (Å²) in [6.07, 6.45) is 4.12. The summed E-state index contributed by atoms with van der Waals surface area (Å²) in [4.78, 5) is 4.78. The third-order valence-corrected chi connectivity index (χ3v) is 3.60. The molecule has 0 aliphatic carbocycles. The number of ether oxygens (including phenoxy) is 1. The van der Waals surface area contributed by atoms with Crippen LogP contribution in [0.3, 0.4) is 0 Å². The van der Waals surface area contributed by atoms with Crippen molar-refractivity contribution in [1.82, 2.24) is 9.55 Å². The van der Waals surface area contributed by atoms with Crippen LogP contribution in [0.25, 0.3) is 11.0 Å². The normalized spacial score (nSPS) is 12.8. The first-order valence-corrected chi connectivity index (χ1v) is 8.09. The van der Waals surface area contributed by atoms with Crippen molar-refractivity contribution in [3.8, 4) is 5.75 Å². The quantitative estimate of drug-likeness (QED) is 0.798. The van der Waals surface area contributed by atoms with Crippen molar-refractivity contribution >= 4 is 11.0 Å². The SMILES string of the molecule is CCCOc1ccc2c(c1)nc(C(N)CCC)n2CCC. The van der Waals surface area contributed by atoms with Crippen LogP contribution >= 0.6 is 0 Å². The summed E-state index contributed by atoms with van der Waals surface area (Å²) in [5.74, 6) is 1.89. The van der Waals surface area contributed by atoms with E-state index in [0.29, 0.717) is 0 Å². The number of nitrogens with zero attached hydrogens (tertiary/aromatic N) is 2. The highest BCUT2D eigenvalue weighted by Crippen LogP contribution is 2.26. The number of hydrogen-bond donors (Lipinski definition) is 1. The molecule has 1 aromatic heterocycles. The number of nitrogens with two attached hydrogens (primary N) is 1. The van der Waals surface area contributed by atoms with Crippen molar-refractivity contribution in [1.29, 1.82) is 0 Å². The summed E-state index contributed by atoms with van der Waals surface area (Å²) in [7, 11) is 0. The predicted octanol–water partition coefficient (Wildman–Crippen LogP) is 4.04. The monoisotopic (exact) mass is 289 g/mol. The smallest absolute Gasteiger partial charge is 0.126 e. The Morgan fingerprint density at radius 1 is 1.19 bits per heavy atom. The van der Waals surface area contributed by atoms with Gasteiger partial charge in [-0.1, -0.05) is 27.2 Å². The summed E-state index contributed by atoms with van der Waals surface area (Å²) in [6.45, 7) is 8.14. The molecule has 0 fully saturated rings. The summed E-state index contributed by atoms with van der Waals surface area (Å²) in [5.41, 5.74) is 8.44. The molecule has 21 heavy (non-hydrogen) atoms. The lowest BCUT2D eigenvalue weighted by Gasteiger charge is -2.13. The molecule has 4 nitrogen and oxygen atoms in total. The lowest BCUT2D eigenvalue weighted by molar-refractivity contribution is 0.318. The molecule has 0 aliphatic heterocycles. The van der Waals surface area contributed by atoms with Crippen LogP contribution in [-0.2, 0) is 6.54 Å². The van der Waals surface area contributed by atoms with E-state index in [1.807, 2.05) is 12.1 Å². The van der Waals surface area contributed by atoms with Crippen LogP contribution in [0.15, 0.2) is 18.2 Å². The molecule has 4 heteroatoms. The number of hydrogen-bond acceptors (Lipinski definition) is 3. The van der Waals surface area contributed by atoms with Gasteiger partial charge >= 0.3 is 0 Å². The van der Waals surface area contributed by atoms with Crippen LogP contribution in [0.1, 0.15) is 58.3 Å². The third-order valence-electron chi connectivity index (χ3n) is 3.60. The van der Waals surface area contributed by atoms with Crippen LogP contribution in [0.2, 0.25) is 0 Å². The van der Waals surface area contributed by atoms with Crippen LogP contribution < -0.4 is 10.5 Å². The Morgan fingerprint density at radius 3 is 2.67 bits per heavy atom. The van der Waals surface area contributed by atoms with Crippen LogP contribution in [-0.4, -0.2) is 16.2 Å². The van der Waals surface area contributed by atoms with Crippen LogP contribution in [0.4, 0.5) is 0 Å². The average molecular weight is 289 g/mol. The highest BCUT2D eigenvalue weighted by Gasteiger charge is 2.16. The number of aryl methyl sites for hydroxylation is 1. The molecule has 2 aromatic rings. The molecule has 1 aromatic carbocycles. The number of benzene rings is 1. The van der Waals surface area contributed by atoms with Gasteiger partial charge < -0.3 is 15.0 Å². The van der Waals surface area contributed by atoms with Crippen molar-refractivity contribution in [2.24, 2.45) is 5.73 Å². The van der Waals surface area contributed by atoms with Gasteiger partial charge in [-0.3, -0.25) is 0 Å². The number of imidazole rings is 1. The van der Waals surface area contributed by atoms with E-state index in [-0.39, 0.29) is 6.04 Å². The molecule has 0 spiro atoms. The van der Waals surface area contributed by atoms with Gasteiger partial charge in [-0.05, 0) is 31.4 Å². The van der Waals surface area contributed by atoms with Crippen LogP contribution in [0.5, 0.6) is 5.75 Å². The van der Waals surface area contributed by atoms with Crippen molar-refractivity contribution < 1.29 is 4.74 Å². The van der Waals surface area contributed by atoms with Crippen molar-refractivity contribution in [3.05, 3.63) is 24.0 Å². The lowest BCUT2D eigenvalue weighted by Crippen LogP contribution is -2.16. The van der Waals surface area contributed by atoms with E-state index < -0.39 is 0 Å². The second-order valence-corrected chi connectivity index (χ2v) is 5.52. The molecule has 0 saturated heterocycles. The van der Waals surface area contributed by atoms with Crippen molar-refractivity contribution in [2.45, 2.75) is 59.0 Å². The van der Waals surface area contributed by atoms with E-state index in [1.165, 1.54) is 0 Å². The van der Waals surface area contributed by atoms with Crippen molar-refractivity contribution in [3.63, 3.8) is 0 Å². The lowest BCUT2D eigenvalue weighted by atomic mass is 10.1. The minimum absolute atomic E-state index is 0.00830. The van der Waals surface area contributed by atoms with Crippen LogP contribution in [0, 0.1) is 0 Å². The summed E-state index contributed by atoms with van der Waals surface area (Å²) in [6, 6.07) is 6.17. The Bertz CT molecular complexity index is 577. The van der Waals surface area contributed by atoms with E-state index in [2.05, 4.69) is 31.4 Å². The van der Waals surface area contributed by atoms with Gasteiger partial charge in [0, 0.05) is 12.6 Å². The molecular weight excluding hydrogens is 262 g/mol. The second kappa shape index (κ2) is 7.46. The Kier molecular flexibility index (Phi) is 5.62. The standard InChI is InChI=1S/C17H27N3O/c1-4-7-14(18)17-19-15-12-13(21-11-6-3)8-9-16(15)20(17)10-5-2/h8-9,12,14H,4-7,10-11,18H2,1-3H3. The Morgan fingerprint density at radius 2 is 2.00 bits per heavy atom. The van der Waals surface area contributed by atoms with E-state index in [0.717, 1.165) is 61.4 Å². The fraction of sp³-hybridized carbons (Fsp3) is 0.588. The number of rotatable bonds is 8. The number of fused-ring (bicyclic) bond motifs is 1. The summed E-state index contributed by atoms with van der Waals surface area (Å²) >= 11 is 0. The van der Waals surface area contributed by atoms with E-state index in [4.69, 9.17) is 15.5 Å². The van der Waals surface area contributed by atoms with E-state index in [1.54, 1.807) is 0 Å². The van der Waals surface area contributed by atoms with Gasteiger partial charge in [0.15, 0.2) is 0 Å². The maximum absolute atomic E-state index is 6.30. The highest BCUT2D eigenvalue weighted by molar-refractivity contribution is 5.78. The maximum atomic E-state index is 6.30. The molecule has 0 radical (unpaired) electrons. The molecule has 0 amide bonds. The van der Waals surface area contributed by atoms with E-state index >= 15 is 0 Å². The Balaban J connectivity index is 2.40. The van der Waals surface area contributed by atoms with Gasteiger partial charge in [-0.2, -0.15) is 0 Å². The Labute approximate surface area is 127 Å². The van der Waals surface area contributed by atoms with Gasteiger partial charge in [0.2, 0.25) is 0 Å². The zero-order valence-electron chi connectivity index (χ0n) is 13.4. The fourth-order valence-corrected chi connectivity index (χ4v) is 2.62. The average Bonchev–Trinajstić information content (AvgIpc) is 2.84. The second-order valence-electron chi connectivity index (χ2n) is 5.52. The molecule has 116 valence electrons. The van der Waals surface area contributed by atoms with Gasteiger partial charge in [0.25, 0.3) is 0 Å². The maximum Gasteiger partial charge on any atom is 0.126 e. The van der Waals surface area contributed by atoms with E-state index in [9.17, 15) is 0 Å². The van der Waals surface area contributed by atoms with Gasteiger partial charge in [-0.15, -0.1) is 0 Å². The molecule has 0 aliphatic rings. The van der Waals surface area contributed by atoms with Crippen molar-refractivity contribution in [2.75, 3.05) is 6.61 Å². The molecule has 1 unspecified atom stereocenters. The number of aromatic nitrogens is 2. The van der Waals surface area contributed by atoms with Gasteiger partial charge in [-0.25, -0.2) is 4.98 Å². The summed E-state index contributed by atoms with van der Waals surface area (Å²) in [5, 5.41) is 0. The highest BCUT2D eigenvalue weighted by atomic mass is 16.5. The fourth-order valence-electron chi connectivity index (χ4n) is 2.62. The Hall–Kier alpha value is -1.55. The molecule has 2 N–H and O–H groups in total. The minimum atomic E-state index is 0.00830. The largest absolute Gasteiger partial charge is 0.494 e.